The van der Waals surface area contributed by atoms with Gasteiger partial charge in [-0.1, -0.05) is 36.4 Å². The Morgan fingerprint density at radius 2 is 1.33 bits per heavy atom. The predicted octanol–water partition coefficient (Wildman–Crippen LogP) is 4.96. The number of piperidine rings is 1. The molecule has 0 unspecified atom stereocenters. The lowest BCUT2D eigenvalue weighted by Gasteiger charge is -2.33. The maximum atomic E-state index is 13.0. The SMILES string of the molecule is Nc1ccc(C2CCN(Cc3ccc(C(O)(C(F)(F)F)C(F)(F)F)cc3)CC2)cc1. The first-order chi connectivity index (χ1) is 13.9. The van der Waals surface area contributed by atoms with Gasteiger partial charge in [0.15, 0.2) is 0 Å². The van der Waals surface area contributed by atoms with Crippen molar-refractivity contribution in [3.05, 3.63) is 65.2 Å². The standard InChI is InChI=1S/C21H22F6N2O/c22-20(23,24)19(30,21(25,26)27)17-5-1-14(2-6-17)13-29-11-9-16(10-12-29)15-3-7-18(28)8-4-15/h1-8,16,30H,9-13,28H2. The van der Waals surface area contributed by atoms with Gasteiger partial charge < -0.3 is 10.8 Å². The van der Waals surface area contributed by atoms with E-state index in [9.17, 15) is 31.4 Å². The van der Waals surface area contributed by atoms with Crippen LogP contribution in [0.1, 0.15) is 35.4 Å². The molecule has 1 saturated heterocycles. The van der Waals surface area contributed by atoms with Gasteiger partial charge in [0.1, 0.15) is 0 Å². The van der Waals surface area contributed by atoms with Crippen molar-refractivity contribution in [3.63, 3.8) is 0 Å². The van der Waals surface area contributed by atoms with Crippen LogP contribution in [0.3, 0.4) is 0 Å². The van der Waals surface area contributed by atoms with Crippen molar-refractivity contribution in [2.75, 3.05) is 18.8 Å². The van der Waals surface area contributed by atoms with Crippen molar-refractivity contribution in [1.82, 2.24) is 4.90 Å². The molecule has 2 aromatic rings. The molecule has 164 valence electrons. The van der Waals surface area contributed by atoms with Gasteiger partial charge in [0.2, 0.25) is 0 Å². The van der Waals surface area contributed by atoms with Crippen molar-refractivity contribution in [1.29, 1.82) is 0 Å². The highest BCUT2D eigenvalue weighted by Gasteiger charge is 2.71. The maximum absolute atomic E-state index is 13.0. The minimum atomic E-state index is -5.88. The second-order valence-electron chi connectivity index (χ2n) is 7.62. The molecule has 3 rings (SSSR count). The van der Waals surface area contributed by atoms with Crippen molar-refractivity contribution in [2.45, 2.75) is 43.3 Å². The molecule has 0 aliphatic carbocycles. The van der Waals surface area contributed by atoms with Crippen molar-refractivity contribution in [2.24, 2.45) is 0 Å². The van der Waals surface area contributed by atoms with E-state index in [1.54, 1.807) is 0 Å². The zero-order valence-electron chi connectivity index (χ0n) is 16.0. The van der Waals surface area contributed by atoms with E-state index in [1.165, 1.54) is 17.7 Å². The van der Waals surface area contributed by atoms with Crippen LogP contribution in [0.25, 0.3) is 0 Å². The quantitative estimate of drug-likeness (QED) is 0.530. The molecular weight excluding hydrogens is 410 g/mol. The molecule has 0 bridgehead atoms. The number of anilines is 1. The third kappa shape index (κ3) is 4.41. The van der Waals surface area contributed by atoms with E-state index in [0.717, 1.165) is 25.9 Å². The summed E-state index contributed by atoms with van der Waals surface area (Å²) in [5.41, 5.74) is 2.04. The van der Waals surface area contributed by atoms with Crippen LogP contribution in [0.15, 0.2) is 48.5 Å². The molecule has 0 aromatic heterocycles. The summed E-state index contributed by atoms with van der Waals surface area (Å²) in [6.07, 6.45) is -9.97. The van der Waals surface area contributed by atoms with Gasteiger partial charge in [-0.15, -0.1) is 0 Å². The van der Waals surface area contributed by atoms with Crippen LogP contribution in [0.5, 0.6) is 0 Å². The Labute approximate surface area is 170 Å². The first-order valence-corrected chi connectivity index (χ1v) is 9.45. The van der Waals surface area contributed by atoms with Gasteiger partial charge in [-0.2, -0.15) is 26.3 Å². The summed E-state index contributed by atoms with van der Waals surface area (Å²) in [7, 11) is 0. The normalized spacial score (nSPS) is 17.3. The fourth-order valence-corrected chi connectivity index (χ4v) is 3.79. The van der Waals surface area contributed by atoms with Gasteiger partial charge in [0.05, 0.1) is 0 Å². The van der Waals surface area contributed by atoms with Crippen LogP contribution in [0.2, 0.25) is 0 Å². The molecule has 1 heterocycles. The number of benzene rings is 2. The predicted molar refractivity (Wildman–Crippen MR) is 101 cm³/mol. The third-order valence-corrected chi connectivity index (χ3v) is 5.59. The molecule has 1 aliphatic rings. The lowest BCUT2D eigenvalue weighted by molar-refractivity contribution is -0.376. The van der Waals surface area contributed by atoms with Crippen molar-refractivity contribution in [3.8, 4) is 0 Å². The fraction of sp³-hybridized carbons (Fsp3) is 0.429. The van der Waals surface area contributed by atoms with E-state index < -0.39 is 23.5 Å². The zero-order chi connectivity index (χ0) is 22.2. The summed E-state index contributed by atoms with van der Waals surface area (Å²) in [6.45, 7) is 1.92. The highest BCUT2D eigenvalue weighted by atomic mass is 19.4. The molecule has 1 fully saturated rings. The molecular formula is C21H22F6N2O. The molecule has 0 saturated carbocycles. The summed E-state index contributed by atoms with van der Waals surface area (Å²) < 4.78 is 77.8. The summed E-state index contributed by atoms with van der Waals surface area (Å²) in [6, 6.07) is 11.5. The number of alkyl halides is 6. The smallest absolute Gasteiger partial charge is 0.399 e. The van der Waals surface area contributed by atoms with Crippen LogP contribution in [-0.2, 0) is 12.1 Å². The first kappa shape index (κ1) is 22.4. The number of rotatable bonds is 4. The lowest BCUT2D eigenvalue weighted by Crippen LogP contribution is -2.53. The maximum Gasteiger partial charge on any atom is 0.430 e. The topological polar surface area (TPSA) is 49.5 Å². The number of nitrogens with zero attached hydrogens (tertiary/aromatic N) is 1. The molecule has 0 radical (unpaired) electrons. The molecule has 3 nitrogen and oxygen atoms in total. The van der Waals surface area contributed by atoms with E-state index in [0.29, 0.717) is 35.8 Å². The largest absolute Gasteiger partial charge is 0.430 e. The molecule has 0 atom stereocenters. The van der Waals surface area contributed by atoms with Crippen LogP contribution >= 0.6 is 0 Å². The lowest BCUT2D eigenvalue weighted by atomic mass is 9.89. The van der Waals surface area contributed by atoms with Crippen molar-refractivity contribution < 1.29 is 31.4 Å². The van der Waals surface area contributed by atoms with Gasteiger partial charge in [-0.25, -0.2) is 0 Å². The molecule has 3 N–H and O–H groups in total. The summed E-state index contributed by atoms with van der Waals surface area (Å²) in [4.78, 5) is 2.10. The monoisotopic (exact) mass is 432 g/mol. The van der Waals surface area contributed by atoms with E-state index >= 15 is 0 Å². The summed E-state index contributed by atoms with van der Waals surface area (Å²) in [5.74, 6) is 0.387. The average molecular weight is 432 g/mol. The number of hydrogen-bond donors (Lipinski definition) is 2. The van der Waals surface area contributed by atoms with Gasteiger partial charge in [0.25, 0.3) is 5.60 Å². The number of nitrogen functional groups attached to an aromatic ring is 1. The van der Waals surface area contributed by atoms with E-state index in [1.807, 2.05) is 24.3 Å². The number of nitrogens with two attached hydrogens (primary N) is 1. The number of halogens is 6. The van der Waals surface area contributed by atoms with Crippen LogP contribution in [-0.4, -0.2) is 35.4 Å². The second kappa shape index (κ2) is 8.11. The van der Waals surface area contributed by atoms with Crippen molar-refractivity contribution >= 4 is 5.69 Å². The summed E-state index contributed by atoms with van der Waals surface area (Å²) in [5, 5.41) is 9.45. The zero-order valence-corrected chi connectivity index (χ0v) is 16.0. The van der Waals surface area contributed by atoms with Gasteiger partial charge >= 0.3 is 12.4 Å². The Bertz CT molecular complexity index is 824. The molecule has 0 amide bonds. The molecule has 9 heteroatoms. The molecule has 1 aliphatic heterocycles. The number of likely N-dealkylation sites (tertiary alicyclic amines) is 1. The minimum absolute atomic E-state index is 0.387. The Balaban J connectivity index is 1.64. The van der Waals surface area contributed by atoms with E-state index in [2.05, 4.69) is 4.90 Å². The number of aliphatic hydroxyl groups is 1. The van der Waals surface area contributed by atoms with E-state index in [4.69, 9.17) is 5.73 Å². The first-order valence-electron chi connectivity index (χ1n) is 9.45. The average Bonchev–Trinajstić information content (AvgIpc) is 2.67. The van der Waals surface area contributed by atoms with Gasteiger partial charge in [-0.3, -0.25) is 4.90 Å². The second-order valence-corrected chi connectivity index (χ2v) is 7.62. The number of hydrogen-bond acceptors (Lipinski definition) is 3. The highest BCUT2D eigenvalue weighted by Crippen LogP contribution is 2.50. The Kier molecular flexibility index (Phi) is 6.06. The Morgan fingerprint density at radius 1 is 0.833 bits per heavy atom. The fourth-order valence-electron chi connectivity index (χ4n) is 3.79. The van der Waals surface area contributed by atoms with Gasteiger partial charge in [0, 0.05) is 17.8 Å². The van der Waals surface area contributed by atoms with E-state index in [-0.39, 0.29) is 0 Å². The molecule has 0 spiro atoms. The highest BCUT2D eigenvalue weighted by molar-refractivity contribution is 5.40. The van der Waals surface area contributed by atoms with Crippen LogP contribution < -0.4 is 5.73 Å². The third-order valence-electron chi connectivity index (χ3n) is 5.59. The molecule has 2 aromatic carbocycles. The van der Waals surface area contributed by atoms with Crippen LogP contribution in [0.4, 0.5) is 32.0 Å². The Hall–Kier alpha value is -2.26. The minimum Gasteiger partial charge on any atom is -0.399 e. The Morgan fingerprint density at radius 3 is 1.80 bits per heavy atom. The van der Waals surface area contributed by atoms with Crippen LogP contribution in [0, 0.1) is 0 Å². The summed E-state index contributed by atoms with van der Waals surface area (Å²) >= 11 is 0. The van der Waals surface area contributed by atoms with Gasteiger partial charge in [-0.05, 0) is 55.1 Å². The molecule has 30 heavy (non-hydrogen) atoms.